The van der Waals surface area contributed by atoms with Gasteiger partial charge in [0.25, 0.3) is 0 Å². The third kappa shape index (κ3) is 2.94. The molecule has 0 aliphatic heterocycles. The number of ether oxygens (including phenoxy) is 1. The number of benzene rings is 2. The zero-order valence-corrected chi connectivity index (χ0v) is 12.4. The van der Waals surface area contributed by atoms with Crippen molar-refractivity contribution in [2.75, 3.05) is 14.1 Å². The lowest BCUT2D eigenvalue weighted by Crippen LogP contribution is -2.36. The molecule has 1 amide bonds. The summed E-state index contributed by atoms with van der Waals surface area (Å²) >= 11 is 0. The van der Waals surface area contributed by atoms with Crippen molar-refractivity contribution >= 4 is 6.09 Å². The van der Waals surface area contributed by atoms with Gasteiger partial charge in [-0.05, 0) is 18.1 Å². The Bertz CT molecular complexity index is 689. The molecule has 0 radical (unpaired) electrons. The van der Waals surface area contributed by atoms with Gasteiger partial charge >= 0.3 is 6.09 Å². The van der Waals surface area contributed by atoms with E-state index in [0.717, 1.165) is 0 Å². The van der Waals surface area contributed by atoms with Gasteiger partial charge in [0.2, 0.25) is 5.60 Å². The lowest BCUT2D eigenvalue weighted by molar-refractivity contribution is 0.0566. The van der Waals surface area contributed by atoms with Crippen LogP contribution >= 0.6 is 0 Å². The Balaban J connectivity index is 2.59. The largest absolute Gasteiger partial charge is 0.421 e. The van der Waals surface area contributed by atoms with Crippen LogP contribution < -0.4 is 0 Å². The molecule has 0 aromatic heterocycles. The number of halogens is 1. The first-order valence-corrected chi connectivity index (χ1v) is 6.69. The molecule has 0 saturated carbocycles. The summed E-state index contributed by atoms with van der Waals surface area (Å²) in [6.07, 6.45) is 5.14. The van der Waals surface area contributed by atoms with Crippen molar-refractivity contribution in [3.8, 4) is 12.3 Å². The molecule has 0 saturated heterocycles. The average molecular weight is 297 g/mol. The molecule has 22 heavy (non-hydrogen) atoms. The monoisotopic (exact) mass is 297 g/mol. The Kier molecular flexibility index (Phi) is 4.47. The van der Waals surface area contributed by atoms with E-state index in [2.05, 4.69) is 5.92 Å². The minimum Gasteiger partial charge on any atom is -0.421 e. The molecule has 0 heterocycles. The second-order valence-corrected chi connectivity index (χ2v) is 4.96. The topological polar surface area (TPSA) is 29.5 Å². The van der Waals surface area contributed by atoms with E-state index in [4.69, 9.17) is 11.2 Å². The first-order valence-electron chi connectivity index (χ1n) is 6.69. The number of terminal acetylenes is 1. The van der Waals surface area contributed by atoms with Crippen LogP contribution in [-0.4, -0.2) is 25.1 Å². The molecule has 2 aromatic rings. The smallest absolute Gasteiger partial charge is 0.411 e. The number of carbonyl (C=O) groups excluding carboxylic acids is 1. The minimum atomic E-state index is -1.41. The number of carbonyl (C=O) groups is 1. The number of amides is 1. The fourth-order valence-electron chi connectivity index (χ4n) is 2.06. The molecule has 0 spiro atoms. The van der Waals surface area contributed by atoms with Crippen LogP contribution in [0.5, 0.6) is 0 Å². The van der Waals surface area contributed by atoms with E-state index in [1.807, 2.05) is 6.07 Å². The second kappa shape index (κ2) is 6.31. The van der Waals surface area contributed by atoms with Crippen LogP contribution in [0, 0.1) is 18.2 Å². The zero-order chi connectivity index (χ0) is 16.2. The van der Waals surface area contributed by atoms with Gasteiger partial charge in [-0.1, -0.05) is 42.5 Å². The Labute approximate surface area is 129 Å². The summed E-state index contributed by atoms with van der Waals surface area (Å²) in [5, 5.41) is 0. The van der Waals surface area contributed by atoms with E-state index in [1.54, 1.807) is 38.4 Å². The van der Waals surface area contributed by atoms with E-state index < -0.39 is 11.7 Å². The minimum absolute atomic E-state index is 0.387. The van der Waals surface area contributed by atoms with Gasteiger partial charge < -0.3 is 9.64 Å². The van der Waals surface area contributed by atoms with Gasteiger partial charge in [-0.3, -0.25) is 0 Å². The molecule has 3 nitrogen and oxygen atoms in total. The standard InChI is InChI=1S/C18H16FNO2/c1-4-18(22-17(21)20(2)3,14-8-6-5-7-9-14)15-10-12-16(19)13-11-15/h1,5-13H,2-3H3. The highest BCUT2D eigenvalue weighted by Crippen LogP contribution is 2.33. The predicted molar refractivity (Wildman–Crippen MR) is 82.6 cm³/mol. The molecule has 1 unspecified atom stereocenters. The lowest BCUT2D eigenvalue weighted by Gasteiger charge is -2.30. The molecule has 1 atom stereocenters. The van der Waals surface area contributed by atoms with E-state index in [-0.39, 0.29) is 5.82 Å². The van der Waals surface area contributed by atoms with Gasteiger partial charge in [-0.2, -0.15) is 0 Å². The quantitative estimate of drug-likeness (QED) is 0.813. The van der Waals surface area contributed by atoms with Gasteiger partial charge in [0.1, 0.15) is 5.82 Å². The Morgan fingerprint density at radius 3 is 2.14 bits per heavy atom. The SMILES string of the molecule is C#CC(OC(=O)N(C)C)(c1ccccc1)c1ccc(F)cc1. The lowest BCUT2D eigenvalue weighted by atomic mass is 9.87. The molecule has 2 rings (SSSR count). The summed E-state index contributed by atoms with van der Waals surface area (Å²) in [6.45, 7) is 0. The van der Waals surface area contributed by atoms with Crippen LogP contribution in [0.4, 0.5) is 9.18 Å². The Morgan fingerprint density at radius 2 is 1.64 bits per heavy atom. The summed E-state index contributed by atoms with van der Waals surface area (Å²) in [5.74, 6) is 2.17. The zero-order valence-electron chi connectivity index (χ0n) is 12.4. The van der Waals surface area contributed by atoms with Gasteiger partial charge in [-0.15, -0.1) is 6.42 Å². The maximum absolute atomic E-state index is 13.2. The van der Waals surface area contributed by atoms with E-state index in [0.29, 0.717) is 11.1 Å². The molecule has 0 aliphatic rings. The molecule has 112 valence electrons. The van der Waals surface area contributed by atoms with E-state index in [9.17, 15) is 9.18 Å². The van der Waals surface area contributed by atoms with Crippen molar-refractivity contribution in [3.05, 3.63) is 71.5 Å². The van der Waals surface area contributed by atoms with Crippen LogP contribution in [0.15, 0.2) is 54.6 Å². The summed E-state index contributed by atoms with van der Waals surface area (Å²) < 4.78 is 18.8. The maximum Gasteiger partial charge on any atom is 0.411 e. The maximum atomic E-state index is 13.2. The summed E-state index contributed by atoms with van der Waals surface area (Å²) in [4.78, 5) is 13.4. The predicted octanol–water partition coefficient (Wildman–Crippen LogP) is 3.40. The summed E-state index contributed by atoms with van der Waals surface area (Å²) in [7, 11) is 3.14. The van der Waals surface area contributed by atoms with E-state index >= 15 is 0 Å². The fourth-order valence-corrected chi connectivity index (χ4v) is 2.06. The highest BCUT2D eigenvalue weighted by atomic mass is 19.1. The highest BCUT2D eigenvalue weighted by molar-refractivity contribution is 5.69. The molecule has 2 aromatic carbocycles. The second-order valence-electron chi connectivity index (χ2n) is 4.96. The Hall–Kier alpha value is -2.80. The highest BCUT2D eigenvalue weighted by Gasteiger charge is 2.37. The van der Waals surface area contributed by atoms with E-state index in [1.165, 1.54) is 29.2 Å². The number of hydrogen-bond acceptors (Lipinski definition) is 2. The number of nitrogens with zero attached hydrogens (tertiary/aromatic N) is 1. The van der Waals surface area contributed by atoms with Crippen molar-refractivity contribution in [2.45, 2.75) is 5.60 Å². The molecule has 0 N–H and O–H groups in total. The summed E-state index contributed by atoms with van der Waals surface area (Å²) in [6, 6.07) is 14.6. The van der Waals surface area contributed by atoms with Crippen LogP contribution in [-0.2, 0) is 10.3 Å². The third-order valence-corrected chi connectivity index (χ3v) is 3.24. The van der Waals surface area contributed by atoms with Crippen molar-refractivity contribution in [3.63, 3.8) is 0 Å². The van der Waals surface area contributed by atoms with Gasteiger partial charge in [-0.25, -0.2) is 9.18 Å². The van der Waals surface area contributed by atoms with Crippen molar-refractivity contribution in [1.29, 1.82) is 0 Å². The summed E-state index contributed by atoms with van der Waals surface area (Å²) in [5.41, 5.74) is -0.270. The molecular formula is C18H16FNO2. The first kappa shape index (κ1) is 15.6. The van der Waals surface area contributed by atoms with Crippen molar-refractivity contribution in [1.82, 2.24) is 4.90 Å². The molecule has 0 fully saturated rings. The number of rotatable bonds is 3. The van der Waals surface area contributed by atoms with Gasteiger partial charge in [0, 0.05) is 25.2 Å². The Morgan fingerprint density at radius 1 is 1.09 bits per heavy atom. The van der Waals surface area contributed by atoms with Crippen molar-refractivity contribution < 1.29 is 13.9 Å². The molecule has 4 heteroatoms. The van der Waals surface area contributed by atoms with Crippen LogP contribution in [0.3, 0.4) is 0 Å². The first-order chi connectivity index (χ1) is 10.5. The molecule has 0 bridgehead atoms. The number of hydrogen-bond donors (Lipinski definition) is 0. The van der Waals surface area contributed by atoms with Crippen LogP contribution in [0.2, 0.25) is 0 Å². The van der Waals surface area contributed by atoms with Crippen LogP contribution in [0.1, 0.15) is 11.1 Å². The fraction of sp³-hybridized carbons (Fsp3) is 0.167. The van der Waals surface area contributed by atoms with Gasteiger partial charge in [0.05, 0.1) is 0 Å². The normalized spacial score (nSPS) is 12.8. The molecular weight excluding hydrogens is 281 g/mol. The van der Waals surface area contributed by atoms with Crippen molar-refractivity contribution in [2.24, 2.45) is 0 Å². The van der Waals surface area contributed by atoms with Crippen LogP contribution in [0.25, 0.3) is 0 Å². The molecule has 0 aliphatic carbocycles. The average Bonchev–Trinajstić information content (AvgIpc) is 2.54. The third-order valence-electron chi connectivity index (χ3n) is 3.24. The van der Waals surface area contributed by atoms with Gasteiger partial charge in [0.15, 0.2) is 0 Å².